The zero-order valence-electron chi connectivity index (χ0n) is 11.0. The Morgan fingerprint density at radius 2 is 2.05 bits per heavy atom. The van der Waals surface area contributed by atoms with Crippen LogP contribution in [0.25, 0.3) is 0 Å². The minimum Gasteiger partial charge on any atom is -0.507 e. The molecule has 0 unspecified atom stereocenters. The number of carbonyl (C=O) groups is 1. The number of hydrogen-bond acceptors (Lipinski definition) is 3. The molecule has 0 spiro atoms. The molecule has 0 aliphatic heterocycles. The fraction of sp³-hybridized carbons (Fsp3) is 0.133. The number of phenols is 1. The Hall–Kier alpha value is -1.60. The standard InChI is InChI=1S/C15H15IN2O2/c1-17-9-10-3-2-4-12(7-10)18-15(20)11-5-6-13(16)14(19)8-11/h2-8,17,19H,9H2,1H3,(H,18,20). The van der Waals surface area contributed by atoms with Crippen LogP contribution in [0.4, 0.5) is 5.69 Å². The lowest BCUT2D eigenvalue weighted by Gasteiger charge is -2.08. The average molecular weight is 382 g/mol. The number of nitrogens with one attached hydrogen (secondary N) is 2. The highest BCUT2D eigenvalue weighted by Crippen LogP contribution is 2.21. The SMILES string of the molecule is CNCc1cccc(NC(=O)c2ccc(I)c(O)c2)c1. The molecule has 3 N–H and O–H groups in total. The first kappa shape index (κ1) is 14.8. The predicted octanol–water partition coefficient (Wildman–Crippen LogP) is 2.97. The highest BCUT2D eigenvalue weighted by molar-refractivity contribution is 14.1. The second-order valence-corrected chi connectivity index (χ2v) is 5.51. The molecular weight excluding hydrogens is 367 g/mol. The van der Waals surface area contributed by atoms with Gasteiger partial charge in [0.05, 0.1) is 3.57 Å². The minimum absolute atomic E-state index is 0.113. The van der Waals surface area contributed by atoms with E-state index in [0.29, 0.717) is 5.56 Å². The third kappa shape index (κ3) is 3.71. The van der Waals surface area contributed by atoms with Gasteiger partial charge in [0, 0.05) is 17.8 Å². The summed E-state index contributed by atoms with van der Waals surface area (Å²) in [6.07, 6.45) is 0. The van der Waals surface area contributed by atoms with Crippen LogP contribution in [0.2, 0.25) is 0 Å². The Morgan fingerprint density at radius 1 is 1.25 bits per heavy atom. The lowest BCUT2D eigenvalue weighted by atomic mass is 10.1. The maximum Gasteiger partial charge on any atom is 0.255 e. The molecule has 0 saturated heterocycles. The Morgan fingerprint density at radius 3 is 2.75 bits per heavy atom. The van der Waals surface area contributed by atoms with Gasteiger partial charge in [-0.05, 0) is 65.5 Å². The number of hydrogen-bond donors (Lipinski definition) is 3. The zero-order chi connectivity index (χ0) is 14.5. The van der Waals surface area contributed by atoms with E-state index in [4.69, 9.17) is 0 Å². The largest absolute Gasteiger partial charge is 0.507 e. The van der Waals surface area contributed by atoms with Gasteiger partial charge in [0.1, 0.15) is 5.75 Å². The van der Waals surface area contributed by atoms with Gasteiger partial charge in [-0.1, -0.05) is 12.1 Å². The van der Waals surface area contributed by atoms with Crippen LogP contribution in [0.15, 0.2) is 42.5 Å². The topological polar surface area (TPSA) is 61.4 Å². The quantitative estimate of drug-likeness (QED) is 0.713. The van der Waals surface area contributed by atoms with Crippen molar-refractivity contribution in [3.8, 4) is 5.75 Å². The second kappa shape index (κ2) is 6.71. The van der Waals surface area contributed by atoms with Crippen molar-refractivity contribution in [1.82, 2.24) is 5.32 Å². The van der Waals surface area contributed by atoms with E-state index in [0.717, 1.165) is 21.4 Å². The third-order valence-electron chi connectivity index (χ3n) is 2.77. The molecule has 2 rings (SSSR count). The van der Waals surface area contributed by atoms with Crippen LogP contribution in [-0.4, -0.2) is 18.1 Å². The molecule has 0 aliphatic rings. The summed E-state index contributed by atoms with van der Waals surface area (Å²) in [5.74, 6) is -0.125. The van der Waals surface area contributed by atoms with Gasteiger partial charge in [0.15, 0.2) is 0 Å². The molecule has 5 heteroatoms. The van der Waals surface area contributed by atoms with Crippen molar-refractivity contribution < 1.29 is 9.90 Å². The highest BCUT2D eigenvalue weighted by Gasteiger charge is 2.08. The van der Waals surface area contributed by atoms with Crippen molar-refractivity contribution in [2.45, 2.75) is 6.54 Å². The maximum atomic E-state index is 12.1. The molecule has 0 atom stereocenters. The molecule has 20 heavy (non-hydrogen) atoms. The molecule has 2 aromatic rings. The molecular formula is C15H15IN2O2. The molecule has 0 aliphatic carbocycles. The summed E-state index contributed by atoms with van der Waals surface area (Å²) in [7, 11) is 1.87. The van der Waals surface area contributed by atoms with Crippen molar-refractivity contribution in [1.29, 1.82) is 0 Å². The van der Waals surface area contributed by atoms with E-state index in [2.05, 4.69) is 10.6 Å². The van der Waals surface area contributed by atoms with Crippen molar-refractivity contribution in [3.05, 3.63) is 57.2 Å². The van der Waals surface area contributed by atoms with E-state index in [9.17, 15) is 9.90 Å². The fourth-order valence-electron chi connectivity index (χ4n) is 1.82. The summed E-state index contributed by atoms with van der Waals surface area (Å²) in [5, 5.41) is 15.5. The van der Waals surface area contributed by atoms with E-state index >= 15 is 0 Å². The van der Waals surface area contributed by atoms with E-state index in [1.165, 1.54) is 6.07 Å². The van der Waals surface area contributed by atoms with Crippen molar-refractivity contribution in [2.75, 3.05) is 12.4 Å². The molecule has 2 aromatic carbocycles. The molecule has 0 bridgehead atoms. The molecule has 0 heterocycles. The van der Waals surface area contributed by atoms with E-state index in [1.807, 2.05) is 53.9 Å². The highest BCUT2D eigenvalue weighted by atomic mass is 127. The van der Waals surface area contributed by atoms with E-state index < -0.39 is 0 Å². The van der Waals surface area contributed by atoms with Crippen molar-refractivity contribution >= 4 is 34.2 Å². The number of benzene rings is 2. The first-order valence-corrected chi connectivity index (χ1v) is 7.21. The second-order valence-electron chi connectivity index (χ2n) is 4.35. The number of aromatic hydroxyl groups is 1. The number of halogens is 1. The lowest BCUT2D eigenvalue weighted by Crippen LogP contribution is -2.12. The number of anilines is 1. The van der Waals surface area contributed by atoms with E-state index in [-0.39, 0.29) is 11.7 Å². The summed E-state index contributed by atoms with van der Waals surface area (Å²) in [6, 6.07) is 12.5. The van der Waals surface area contributed by atoms with Crippen LogP contribution >= 0.6 is 22.6 Å². The van der Waals surface area contributed by atoms with Gasteiger partial charge in [0.25, 0.3) is 5.91 Å². The summed E-state index contributed by atoms with van der Waals surface area (Å²) in [6.45, 7) is 0.744. The van der Waals surface area contributed by atoms with Crippen molar-refractivity contribution in [3.63, 3.8) is 0 Å². The number of carbonyl (C=O) groups excluding carboxylic acids is 1. The smallest absolute Gasteiger partial charge is 0.255 e. The molecule has 0 radical (unpaired) electrons. The number of amides is 1. The van der Waals surface area contributed by atoms with Crippen LogP contribution < -0.4 is 10.6 Å². The lowest BCUT2D eigenvalue weighted by molar-refractivity contribution is 0.102. The zero-order valence-corrected chi connectivity index (χ0v) is 13.1. The molecule has 0 saturated carbocycles. The van der Waals surface area contributed by atoms with E-state index in [1.54, 1.807) is 12.1 Å². The first-order valence-electron chi connectivity index (χ1n) is 6.13. The van der Waals surface area contributed by atoms with Crippen LogP contribution in [0.3, 0.4) is 0 Å². The summed E-state index contributed by atoms with van der Waals surface area (Å²) in [4.78, 5) is 12.1. The Labute approximate surface area is 131 Å². The molecule has 104 valence electrons. The average Bonchev–Trinajstić information content (AvgIpc) is 2.42. The normalized spacial score (nSPS) is 10.3. The van der Waals surface area contributed by atoms with Crippen LogP contribution in [0, 0.1) is 3.57 Å². The van der Waals surface area contributed by atoms with Gasteiger partial charge in [-0.3, -0.25) is 4.79 Å². The number of phenolic OH excluding ortho intramolecular Hbond substituents is 1. The molecule has 0 aromatic heterocycles. The number of rotatable bonds is 4. The van der Waals surface area contributed by atoms with Crippen LogP contribution in [0.1, 0.15) is 15.9 Å². The van der Waals surface area contributed by atoms with Gasteiger partial charge in [-0.25, -0.2) is 0 Å². The van der Waals surface area contributed by atoms with Crippen LogP contribution in [-0.2, 0) is 6.54 Å². The third-order valence-corrected chi connectivity index (χ3v) is 3.69. The van der Waals surface area contributed by atoms with Crippen LogP contribution in [0.5, 0.6) is 5.75 Å². The van der Waals surface area contributed by atoms with Gasteiger partial charge in [-0.15, -0.1) is 0 Å². The van der Waals surface area contributed by atoms with Gasteiger partial charge >= 0.3 is 0 Å². The predicted molar refractivity (Wildman–Crippen MR) is 88.0 cm³/mol. The molecule has 4 nitrogen and oxygen atoms in total. The fourth-order valence-corrected chi connectivity index (χ4v) is 2.16. The first-order chi connectivity index (χ1) is 9.60. The minimum atomic E-state index is -0.238. The summed E-state index contributed by atoms with van der Waals surface area (Å²) < 4.78 is 0.718. The van der Waals surface area contributed by atoms with Gasteiger partial charge in [0.2, 0.25) is 0 Å². The summed E-state index contributed by atoms with van der Waals surface area (Å²) in [5.41, 5.74) is 2.26. The summed E-state index contributed by atoms with van der Waals surface area (Å²) >= 11 is 2.01. The van der Waals surface area contributed by atoms with Gasteiger partial charge in [-0.2, -0.15) is 0 Å². The van der Waals surface area contributed by atoms with Crippen molar-refractivity contribution in [2.24, 2.45) is 0 Å². The van der Waals surface area contributed by atoms with Gasteiger partial charge < -0.3 is 15.7 Å². The Balaban J connectivity index is 2.14. The Kier molecular flexibility index (Phi) is 4.97. The molecule has 0 fully saturated rings. The monoisotopic (exact) mass is 382 g/mol. The Bertz CT molecular complexity index is 629. The molecule has 1 amide bonds. The maximum absolute atomic E-state index is 12.1.